The van der Waals surface area contributed by atoms with Gasteiger partial charge in [-0.25, -0.2) is 9.59 Å². The van der Waals surface area contributed by atoms with Gasteiger partial charge in [-0.1, -0.05) is 0 Å². The summed E-state index contributed by atoms with van der Waals surface area (Å²) < 4.78 is 26.5. The molecule has 2 unspecified atom stereocenters. The second-order valence-corrected chi connectivity index (χ2v) is 5.38. The highest BCUT2D eigenvalue weighted by Crippen LogP contribution is 2.21. The fourth-order valence-electron chi connectivity index (χ4n) is 1.73. The number of carboxylic acid groups (broad SMARTS) is 2. The van der Waals surface area contributed by atoms with Crippen molar-refractivity contribution in [3.8, 4) is 0 Å². The predicted molar refractivity (Wildman–Crippen MR) is 55.1 cm³/mol. The summed E-state index contributed by atoms with van der Waals surface area (Å²) in [4.78, 5) is 22.4. The van der Waals surface area contributed by atoms with Crippen LogP contribution in [0.4, 0.5) is 4.79 Å². The average Bonchev–Trinajstić information content (AvgIpc) is 2.14. The Bertz CT molecular complexity index is 418. The molecule has 2 atom stereocenters. The first-order chi connectivity index (χ1) is 7.70. The van der Waals surface area contributed by atoms with Crippen LogP contribution in [0.2, 0.25) is 0 Å². The minimum Gasteiger partial charge on any atom is -0.480 e. The minimum atomic E-state index is -3.67. The average molecular weight is 267 g/mol. The maximum absolute atomic E-state index is 10.9. The number of likely N-dealkylation sites (tertiary alicyclic amines) is 1. The Morgan fingerprint density at radius 2 is 1.94 bits per heavy atom. The molecule has 17 heavy (non-hydrogen) atoms. The molecule has 98 valence electrons. The van der Waals surface area contributed by atoms with E-state index in [9.17, 15) is 18.0 Å². The second kappa shape index (κ2) is 4.88. The lowest BCUT2D eigenvalue weighted by molar-refractivity contribution is -0.145. The van der Waals surface area contributed by atoms with Crippen LogP contribution < -0.4 is 0 Å². The smallest absolute Gasteiger partial charge is 0.408 e. The van der Waals surface area contributed by atoms with Crippen LogP contribution >= 0.6 is 0 Å². The lowest BCUT2D eigenvalue weighted by Crippen LogP contribution is -2.51. The molecule has 8 nitrogen and oxygen atoms in total. The summed E-state index contributed by atoms with van der Waals surface area (Å²) in [7, 11) is -3.67. The van der Waals surface area contributed by atoms with E-state index in [2.05, 4.69) is 4.18 Å². The third kappa shape index (κ3) is 3.86. The van der Waals surface area contributed by atoms with Crippen molar-refractivity contribution in [3.63, 3.8) is 0 Å². The zero-order valence-corrected chi connectivity index (χ0v) is 9.88. The maximum Gasteiger partial charge on any atom is 0.408 e. The van der Waals surface area contributed by atoms with Crippen molar-refractivity contribution in [2.75, 3.05) is 12.8 Å². The summed E-state index contributed by atoms with van der Waals surface area (Å²) in [6, 6.07) is -1.27. The van der Waals surface area contributed by atoms with E-state index < -0.39 is 34.3 Å². The Morgan fingerprint density at radius 3 is 2.35 bits per heavy atom. The van der Waals surface area contributed by atoms with Gasteiger partial charge < -0.3 is 10.2 Å². The third-order valence-electron chi connectivity index (χ3n) is 2.40. The fourth-order valence-corrected chi connectivity index (χ4v) is 2.40. The van der Waals surface area contributed by atoms with Crippen LogP contribution in [0.1, 0.15) is 12.8 Å². The highest BCUT2D eigenvalue weighted by molar-refractivity contribution is 7.86. The summed E-state index contributed by atoms with van der Waals surface area (Å²) in [5, 5.41) is 17.6. The molecule has 1 saturated heterocycles. The summed E-state index contributed by atoms with van der Waals surface area (Å²) in [6.07, 6.45) is -1.28. The molecule has 1 aliphatic heterocycles. The van der Waals surface area contributed by atoms with Gasteiger partial charge in [0, 0.05) is 13.0 Å². The fraction of sp³-hybridized carbons (Fsp3) is 0.750. The van der Waals surface area contributed by atoms with Crippen LogP contribution in [0, 0.1) is 0 Å². The first kappa shape index (κ1) is 13.7. The lowest BCUT2D eigenvalue weighted by atomic mass is 10.0. The summed E-state index contributed by atoms with van der Waals surface area (Å²) >= 11 is 0. The maximum atomic E-state index is 10.9. The monoisotopic (exact) mass is 267 g/mol. The van der Waals surface area contributed by atoms with E-state index in [0.717, 1.165) is 11.2 Å². The molecule has 2 N–H and O–H groups in total. The quantitative estimate of drug-likeness (QED) is 0.664. The molecule has 0 radical (unpaired) electrons. The van der Waals surface area contributed by atoms with E-state index in [0.29, 0.717) is 0 Å². The Morgan fingerprint density at radius 1 is 1.35 bits per heavy atom. The van der Waals surface area contributed by atoms with Crippen molar-refractivity contribution >= 4 is 22.2 Å². The Kier molecular flexibility index (Phi) is 3.94. The normalized spacial score (nSPS) is 25.6. The van der Waals surface area contributed by atoms with Gasteiger partial charge in [0.15, 0.2) is 0 Å². The van der Waals surface area contributed by atoms with Crippen molar-refractivity contribution in [1.29, 1.82) is 0 Å². The number of rotatable bonds is 3. The van der Waals surface area contributed by atoms with Gasteiger partial charge in [0.1, 0.15) is 6.04 Å². The van der Waals surface area contributed by atoms with Crippen LogP contribution in [0.3, 0.4) is 0 Å². The molecule has 0 saturated carbocycles. The van der Waals surface area contributed by atoms with Crippen molar-refractivity contribution < 1.29 is 32.4 Å². The van der Waals surface area contributed by atoms with Crippen LogP contribution in [0.5, 0.6) is 0 Å². The zero-order valence-electron chi connectivity index (χ0n) is 9.07. The largest absolute Gasteiger partial charge is 0.480 e. The summed E-state index contributed by atoms with van der Waals surface area (Å²) in [6.45, 7) is -0.0630. The molecule has 1 heterocycles. The van der Waals surface area contributed by atoms with E-state index in [1.165, 1.54) is 0 Å². The van der Waals surface area contributed by atoms with Gasteiger partial charge >= 0.3 is 12.1 Å². The number of carbonyl (C=O) groups is 2. The van der Waals surface area contributed by atoms with E-state index in [4.69, 9.17) is 10.2 Å². The second-order valence-electron chi connectivity index (χ2n) is 3.78. The highest BCUT2D eigenvalue weighted by atomic mass is 32.2. The molecule has 9 heteroatoms. The van der Waals surface area contributed by atoms with Crippen LogP contribution in [-0.2, 0) is 19.1 Å². The van der Waals surface area contributed by atoms with Gasteiger partial charge in [-0.2, -0.15) is 8.42 Å². The standard InChI is InChI=1S/C8H13NO7S/c1-17(14,15)16-5-2-3-9(8(12)13)6(4-5)7(10)11/h5-6H,2-4H2,1H3,(H,10,11)(H,12,13). The minimum absolute atomic E-state index is 0.0630. The van der Waals surface area contributed by atoms with Crippen LogP contribution in [0.25, 0.3) is 0 Å². The number of hydrogen-bond acceptors (Lipinski definition) is 5. The Hall–Kier alpha value is -1.35. The molecule has 1 rings (SSSR count). The van der Waals surface area contributed by atoms with E-state index in [-0.39, 0.29) is 19.4 Å². The SMILES string of the molecule is CS(=O)(=O)OC1CCN(C(=O)O)C(C(=O)O)C1. The summed E-state index contributed by atoms with van der Waals surface area (Å²) in [5.41, 5.74) is 0. The molecule has 0 bridgehead atoms. The van der Waals surface area contributed by atoms with Gasteiger partial charge in [-0.15, -0.1) is 0 Å². The number of piperidine rings is 1. The number of hydrogen-bond donors (Lipinski definition) is 2. The number of aliphatic carboxylic acids is 1. The van der Waals surface area contributed by atoms with Gasteiger partial charge in [0.25, 0.3) is 10.1 Å². The molecule has 0 aromatic rings. The first-order valence-electron chi connectivity index (χ1n) is 4.81. The molecular weight excluding hydrogens is 254 g/mol. The number of carboxylic acids is 1. The third-order valence-corrected chi connectivity index (χ3v) is 3.02. The number of amides is 1. The van der Waals surface area contributed by atoms with Crippen molar-refractivity contribution in [2.24, 2.45) is 0 Å². The first-order valence-corrected chi connectivity index (χ1v) is 6.63. The van der Waals surface area contributed by atoms with Crippen molar-refractivity contribution in [2.45, 2.75) is 25.0 Å². The van der Waals surface area contributed by atoms with Crippen molar-refractivity contribution in [3.05, 3.63) is 0 Å². The lowest BCUT2D eigenvalue weighted by Gasteiger charge is -2.34. The van der Waals surface area contributed by atoms with Crippen LogP contribution in [-0.4, -0.2) is 60.5 Å². The molecule has 1 aliphatic rings. The summed E-state index contributed by atoms with van der Waals surface area (Å²) in [5.74, 6) is -1.31. The van der Waals surface area contributed by atoms with Gasteiger partial charge in [0.05, 0.1) is 12.4 Å². The zero-order chi connectivity index (χ0) is 13.2. The van der Waals surface area contributed by atoms with E-state index >= 15 is 0 Å². The molecular formula is C8H13NO7S. The van der Waals surface area contributed by atoms with E-state index in [1.807, 2.05) is 0 Å². The predicted octanol–water partition coefficient (Wildman–Crippen LogP) is -0.442. The van der Waals surface area contributed by atoms with Gasteiger partial charge in [-0.3, -0.25) is 9.08 Å². The number of nitrogens with zero attached hydrogens (tertiary/aromatic N) is 1. The molecule has 1 fully saturated rings. The molecule has 1 amide bonds. The Balaban J connectivity index is 2.75. The highest BCUT2D eigenvalue weighted by Gasteiger charge is 2.37. The van der Waals surface area contributed by atoms with Gasteiger partial charge in [0.2, 0.25) is 0 Å². The Labute approximate surface area is 97.9 Å². The van der Waals surface area contributed by atoms with Crippen molar-refractivity contribution in [1.82, 2.24) is 4.90 Å². The van der Waals surface area contributed by atoms with Gasteiger partial charge in [-0.05, 0) is 6.42 Å². The molecule has 0 aromatic carbocycles. The topological polar surface area (TPSA) is 121 Å². The molecule has 0 spiro atoms. The van der Waals surface area contributed by atoms with Crippen LogP contribution in [0.15, 0.2) is 0 Å². The van der Waals surface area contributed by atoms with E-state index in [1.54, 1.807) is 0 Å². The molecule has 0 aromatic heterocycles. The molecule has 0 aliphatic carbocycles.